The van der Waals surface area contributed by atoms with E-state index in [0.29, 0.717) is 5.92 Å². The first kappa shape index (κ1) is 36.8. The molecule has 8 aromatic carbocycles. The first-order valence-corrected chi connectivity index (χ1v) is 21.9. The average Bonchev–Trinajstić information content (AvgIpc) is 3.87. The standard InChI is InChI=1S/C60H43N3/c1-40-13-10-14-45(35-40)48-38-55(43-31-27-41(28-32-43)46-15-11-17-49(36-46)62-57-23-6-2-19-51(57)52-20-3-7-24-58(52)62)61-56(39-48)44-33-29-42(30-34-44)47-16-12-18-50(37-47)63-59-25-8-4-21-53(59)54-22-5-9-26-60(54)63/h2-34,36-40H,35H2,1H3. The second-order valence-electron chi connectivity index (χ2n) is 16.9. The predicted molar refractivity (Wildman–Crippen MR) is 266 cm³/mol. The Morgan fingerprint density at radius 3 is 1.19 bits per heavy atom. The number of hydrogen-bond donors (Lipinski definition) is 0. The lowest BCUT2D eigenvalue weighted by Gasteiger charge is -2.17. The Kier molecular flexibility index (Phi) is 8.86. The Balaban J connectivity index is 0.885. The molecule has 0 amide bonds. The minimum absolute atomic E-state index is 0.486. The van der Waals surface area contributed by atoms with Crippen LogP contribution in [0.5, 0.6) is 0 Å². The van der Waals surface area contributed by atoms with Gasteiger partial charge in [0.15, 0.2) is 0 Å². The molecule has 11 aromatic rings. The van der Waals surface area contributed by atoms with Gasteiger partial charge < -0.3 is 9.13 Å². The molecule has 0 aliphatic heterocycles. The highest BCUT2D eigenvalue weighted by Crippen LogP contribution is 2.37. The summed E-state index contributed by atoms with van der Waals surface area (Å²) >= 11 is 0. The van der Waals surface area contributed by atoms with Gasteiger partial charge in [-0.1, -0.05) is 171 Å². The summed E-state index contributed by atoms with van der Waals surface area (Å²) in [6.45, 7) is 2.29. The minimum Gasteiger partial charge on any atom is -0.309 e. The Hall–Kier alpha value is -8.01. The summed E-state index contributed by atoms with van der Waals surface area (Å²) in [5.74, 6) is 0.486. The molecule has 1 unspecified atom stereocenters. The highest BCUT2D eigenvalue weighted by Gasteiger charge is 2.17. The van der Waals surface area contributed by atoms with Crippen molar-refractivity contribution >= 4 is 49.2 Å². The van der Waals surface area contributed by atoms with Gasteiger partial charge in [-0.15, -0.1) is 0 Å². The maximum atomic E-state index is 5.35. The Morgan fingerprint density at radius 1 is 0.381 bits per heavy atom. The number of nitrogens with zero attached hydrogens (tertiary/aromatic N) is 3. The van der Waals surface area contributed by atoms with E-state index >= 15 is 0 Å². The van der Waals surface area contributed by atoms with Crippen molar-refractivity contribution in [3.05, 3.63) is 230 Å². The first-order chi connectivity index (χ1) is 31.1. The molecular weight excluding hydrogens is 763 g/mol. The predicted octanol–water partition coefficient (Wildman–Crippen LogP) is 15.9. The summed E-state index contributed by atoms with van der Waals surface area (Å²) in [5, 5.41) is 5.07. The summed E-state index contributed by atoms with van der Waals surface area (Å²) in [6, 6.07) is 74.9. The number of allylic oxidation sites excluding steroid dienone is 4. The van der Waals surface area contributed by atoms with Crippen molar-refractivity contribution in [1.29, 1.82) is 0 Å². The van der Waals surface area contributed by atoms with Crippen molar-refractivity contribution in [2.45, 2.75) is 13.3 Å². The van der Waals surface area contributed by atoms with E-state index in [2.05, 4.69) is 241 Å². The molecule has 63 heavy (non-hydrogen) atoms. The molecule has 0 spiro atoms. The lowest BCUT2D eigenvalue weighted by atomic mass is 9.90. The van der Waals surface area contributed by atoms with Crippen molar-refractivity contribution < 1.29 is 0 Å². The fraction of sp³-hybridized carbons (Fsp3) is 0.0500. The van der Waals surface area contributed by atoms with Gasteiger partial charge >= 0.3 is 0 Å². The summed E-state index contributed by atoms with van der Waals surface area (Å²) in [6.07, 6.45) is 7.76. The average molecular weight is 806 g/mol. The van der Waals surface area contributed by atoms with Crippen molar-refractivity contribution in [3.8, 4) is 56.1 Å². The third kappa shape index (κ3) is 6.49. The third-order valence-electron chi connectivity index (χ3n) is 12.9. The molecule has 298 valence electrons. The molecule has 1 atom stereocenters. The lowest BCUT2D eigenvalue weighted by molar-refractivity contribution is 0.749. The van der Waals surface area contributed by atoms with E-state index in [4.69, 9.17) is 4.98 Å². The summed E-state index contributed by atoms with van der Waals surface area (Å²) < 4.78 is 4.76. The number of para-hydroxylation sites is 4. The number of pyridine rings is 1. The van der Waals surface area contributed by atoms with E-state index in [-0.39, 0.29) is 0 Å². The Labute approximate surface area is 367 Å². The van der Waals surface area contributed by atoms with Gasteiger partial charge in [0, 0.05) is 44.0 Å². The molecule has 0 saturated heterocycles. The number of fused-ring (bicyclic) bond motifs is 6. The van der Waals surface area contributed by atoms with Gasteiger partial charge in [-0.25, -0.2) is 4.98 Å². The van der Waals surface area contributed by atoms with Crippen LogP contribution in [0.15, 0.2) is 224 Å². The number of benzene rings is 8. The molecule has 3 nitrogen and oxygen atoms in total. The van der Waals surface area contributed by atoms with E-state index < -0.39 is 0 Å². The van der Waals surface area contributed by atoms with E-state index in [1.54, 1.807) is 0 Å². The molecule has 3 heteroatoms. The van der Waals surface area contributed by atoms with Gasteiger partial charge in [0.2, 0.25) is 0 Å². The number of rotatable bonds is 7. The van der Waals surface area contributed by atoms with E-state index in [9.17, 15) is 0 Å². The van der Waals surface area contributed by atoms with Gasteiger partial charge in [0.05, 0.1) is 33.5 Å². The molecule has 12 rings (SSSR count). The fourth-order valence-corrected chi connectivity index (χ4v) is 9.79. The lowest BCUT2D eigenvalue weighted by Crippen LogP contribution is -1.99. The molecule has 0 N–H and O–H groups in total. The zero-order valence-electron chi connectivity index (χ0n) is 35.0. The second-order valence-corrected chi connectivity index (χ2v) is 16.9. The molecule has 0 fully saturated rings. The molecule has 1 aliphatic rings. The molecule has 0 saturated carbocycles. The van der Waals surface area contributed by atoms with Gasteiger partial charge in [0.25, 0.3) is 0 Å². The fourth-order valence-electron chi connectivity index (χ4n) is 9.79. The van der Waals surface area contributed by atoms with Crippen LogP contribution in [0.25, 0.3) is 105 Å². The third-order valence-corrected chi connectivity index (χ3v) is 12.9. The maximum absolute atomic E-state index is 5.35. The molecule has 1 aliphatic carbocycles. The van der Waals surface area contributed by atoms with Crippen LogP contribution in [-0.2, 0) is 0 Å². The highest BCUT2D eigenvalue weighted by molar-refractivity contribution is 6.10. The van der Waals surface area contributed by atoms with Crippen LogP contribution in [0.2, 0.25) is 0 Å². The van der Waals surface area contributed by atoms with Gasteiger partial charge in [-0.3, -0.25) is 0 Å². The van der Waals surface area contributed by atoms with Crippen molar-refractivity contribution in [1.82, 2.24) is 14.1 Å². The van der Waals surface area contributed by atoms with Crippen LogP contribution in [-0.4, -0.2) is 14.1 Å². The van der Waals surface area contributed by atoms with Crippen LogP contribution in [0.3, 0.4) is 0 Å². The molecule has 3 aromatic heterocycles. The van der Waals surface area contributed by atoms with Crippen molar-refractivity contribution in [2.24, 2.45) is 5.92 Å². The van der Waals surface area contributed by atoms with Crippen LogP contribution >= 0.6 is 0 Å². The summed E-state index contributed by atoms with van der Waals surface area (Å²) in [7, 11) is 0. The molecule has 0 radical (unpaired) electrons. The second kappa shape index (κ2) is 15.2. The smallest absolute Gasteiger partial charge is 0.0715 e. The number of aromatic nitrogens is 3. The Bertz CT molecular complexity index is 3270. The summed E-state index contributed by atoms with van der Waals surface area (Å²) in [4.78, 5) is 5.35. The van der Waals surface area contributed by atoms with Gasteiger partial charge in [-0.2, -0.15) is 0 Å². The normalized spacial score (nSPS) is 13.9. The highest BCUT2D eigenvalue weighted by atomic mass is 15.0. The van der Waals surface area contributed by atoms with E-state index in [1.807, 2.05) is 0 Å². The zero-order valence-corrected chi connectivity index (χ0v) is 35.0. The SMILES string of the molecule is CC1C=CC=C(c2cc(-c3ccc(-c4cccc(-n5c6ccccc6c6ccccc65)c4)cc3)nc(-c3ccc(-c4cccc(-n5c6ccccc6c6ccccc65)c4)cc3)c2)C1. The van der Waals surface area contributed by atoms with Crippen LogP contribution in [0, 0.1) is 5.92 Å². The van der Waals surface area contributed by atoms with E-state index in [0.717, 1.165) is 40.3 Å². The minimum atomic E-state index is 0.486. The molecular formula is C60H43N3. The quantitative estimate of drug-likeness (QED) is 0.157. The Morgan fingerprint density at radius 2 is 0.778 bits per heavy atom. The monoisotopic (exact) mass is 805 g/mol. The van der Waals surface area contributed by atoms with Gasteiger partial charge in [0.1, 0.15) is 0 Å². The zero-order chi connectivity index (χ0) is 41.9. The van der Waals surface area contributed by atoms with Crippen LogP contribution in [0.1, 0.15) is 18.9 Å². The van der Waals surface area contributed by atoms with E-state index in [1.165, 1.54) is 77.0 Å². The maximum Gasteiger partial charge on any atom is 0.0715 e. The first-order valence-electron chi connectivity index (χ1n) is 21.9. The van der Waals surface area contributed by atoms with Crippen LogP contribution in [0.4, 0.5) is 0 Å². The van der Waals surface area contributed by atoms with Gasteiger partial charge in [-0.05, 0) is 106 Å². The van der Waals surface area contributed by atoms with Crippen molar-refractivity contribution in [2.75, 3.05) is 0 Å². The van der Waals surface area contributed by atoms with Crippen molar-refractivity contribution in [3.63, 3.8) is 0 Å². The summed E-state index contributed by atoms with van der Waals surface area (Å²) in [5.41, 5.74) is 18.5. The topological polar surface area (TPSA) is 22.8 Å². The largest absolute Gasteiger partial charge is 0.309 e. The number of hydrogen-bond acceptors (Lipinski definition) is 1. The van der Waals surface area contributed by atoms with Crippen LogP contribution < -0.4 is 0 Å². The molecule has 0 bridgehead atoms. The molecule has 3 heterocycles.